The molecule has 3 aromatic rings. The zero-order valence-electron chi connectivity index (χ0n) is 17.6. The summed E-state index contributed by atoms with van der Waals surface area (Å²) >= 11 is 0. The molecule has 0 spiro atoms. The van der Waals surface area contributed by atoms with Crippen molar-refractivity contribution >= 4 is 5.91 Å². The molecule has 1 fully saturated rings. The van der Waals surface area contributed by atoms with Crippen molar-refractivity contribution in [1.29, 1.82) is 0 Å². The third-order valence-corrected chi connectivity index (χ3v) is 5.68. The van der Waals surface area contributed by atoms with E-state index in [1.165, 1.54) is 6.07 Å². The van der Waals surface area contributed by atoms with Gasteiger partial charge in [0.15, 0.2) is 0 Å². The minimum absolute atomic E-state index is 0.0215. The molecular formula is C24H26N4O3. The fourth-order valence-electron chi connectivity index (χ4n) is 3.97. The Bertz CT molecular complexity index is 1080. The van der Waals surface area contributed by atoms with Crippen molar-refractivity contribution in [2.24, 2.45) is 0 Å². The van der Waals surface area contributed by atoms with E-state index in [1.54, 1.807) is 19.5 Å². The number of hydrogen-bond acceptors (Lipinski definition) is 5. The fraction of sp³-hybridized carbons (Fsp3) is 0.333. The maximum Gasteiger partial charge on any atom is 0.251 e. The van der Waals surface area contributed by atoms with Crippen LogP contribution in [0.3, 0.4) is 0 Å². The van der Waals surface area contributed by atoms with Crippen LogP contribution in [0.1, 0.15) is 36.6 Å². The average molecular weight is 418 g/mol. The van der Waals surface area contributed by atoms with E-state index in [0.29, 0.717) is 30.9 Å². The molecule has 7 nitrogen and oxygen atoms in total. The van der Waals surface area contributed by atoms with Gasteiger partial charge in [0, 0.05) is 49.5 Å². The molecule has 1 aliphatic heterocycles. The van der Waals surface area contributed by atoms with E-state index in [1.807, 2.05) is 41.3 Å². The third-order valence-electron chi connectivity index (χ3n) is 5.68. The van der Waals surface area contributed by atoms with Gasteiger partial charge in [-0.05, 0) is 49.1 Å². The maximum atomic E-state index is 12.8. The smallest absolute Gasteiger partial charge is 0.251 e. The number of pyridine rings is 1. The predicted molar refractivity (Wildman–Crippen MR) is 118 cm³/mol. The van der Waals surface area contributed by atoms with E-state index >= 15 is 0 Å². The lowest BCUT2D eigenvalue weighted by Crippen LogP contribution is -2.40. The van der Waals surface area contributed by atoms with Crippen molar-refractivity contribution in [3.05, 3.63) is 76.6 Å². The van der Waals surface area contributed by atoms with Gasteiger partial charge in [0.05, 0.1) is 12.8 Å². The Morgan fingerprint density at radius 1 is 1.19 bits per heavy atom. The topological polar surface area (TPSA) is 88.2 Å². The molecule has 2 aromatic heterocycles. The summed E-state index contributed by atoms with van der Waals surface area (Å²) < 4.78 is 5.18. The Morgan fingerprint density at radius 2 is 1.97 bits per heavy atom. The van der Waals surface area contributed by atoms with Gasteiger partial charge in [-0.15, -0.1) is 0 Å². The second kappa shape index (κ2) is 9.55. The zero-order chi connectivity index (χ0) is 21.6. The highest BCUT2D eigenvalue weighted by molar-refractivity contribution is 5.76. The second-order valence-electron chi connectivity index (χ2n) is 7.78. The molecule has 1 N–H and O–H groups in total. The molecule has 31 heavy (non-hydrogen) atoms. The number of likely N-dealkylation sites (tertiary alicyclic amines) is 1. The molecule has 1 saturated heterocycles. The number of aryl methyl sites for hydroxylation is 1. The SMILES string of the molecule is COc1ccc(CCC(=O)N2CCC[C@@H](c3nc(-c4ccncc4)cc(=O)[nH]3)C2)cc1. The van der Waals surface area contributed by atoms with Crippen molar-refractivity contribution in [3.8, 4) is 17.0 Å². The normalized spacial score (nSPS) is 16.2. The van der Waals surface area contributed by atoms with Crippen molar-refractivity contribution in [1.82, 2.24) is 19.9 Å². The van der Waals surface area contributed by atoms with Crippen LogP contribution >= 0.6 is 0 Å². The highest BCUT2D eigenvalue weighted by atomic mass is 16.5. The summed E-state index contributed by atoms with van der Waals surface area (Å²) in [6.07, 6.45) is 6.30. The molecule has 3 heterocycles. The first-order chi connectivity index (χ1) is 15.1. The van der Waals surface area contributed by atoms with Crippen LogP contribution < -0.4 is 10.3 Å². The highest BCUT2D eigenvalue weighted by Gasteiger charge is 2.26. The first kappa shape index (κ1) is 20.8. The summed E-state index contributed by atoms with van der Waals surface area (Å²) in [4.78, 5) is 38.6. The number of benzene rings is 1. The molecule has 160 valence electrons. The molecule has 7 heteroatoms. The van der Waals surface area contributed by atoms with Crippen LogP contribution in [0.2, 0.25) is 0 Å². The molecule has 0 aliphatic carbocycles. The van der Waals surface area contributed by atoms with Crippen LogP contribution in [0.5, 0.6) is 5.75 Å². The van der Waals surface area contributed by atoms with Gasteiger partial charge in [-0.3, -0.25) is 14.6 Å². The number of carbonyl (C=O) groups is 1. The number of nitrogens with zero attached hydrogens (tertiary/aromatic N) is 3. The van der Waals surface area contributed by atoms with Crippen molar-refractivity contribution in [3.63, 3.8) is 0 Å². The van der Waals surface area contributed by atoms with Crippen molar-refractivity contribution in [2.45, 2.75) is 31.6 Å². The highest BCUT2D eigenvalue weighted by Crippen LogP contribution is 2.26. The van der Waals surface area contributed by atoms with Gasteiger partial charge in [-0.1, -0.05) is 12.1 Å². The number of H-pyrrole nitrogens is 1. The van der Waals surface area contributed by atoms with E-state index in [-0.39, 0.29) is 17.4 Å². The Kier molecular flexibility index (Phi) is 6.40. The third kappa shape index (κ3) is 5.17. The van der Waals surface area contributed by atoms with Gasteiger partial charge < -0.3 is 14.6 Å². The minimum Gasteiger partial charge on any atom is -0.497 e. The summed E-state index contributed by atoms with van der Waals surface area (Å²) in [5.74, 6) is 1.61. The van der Waals surface area contributed by atoms with Gasteiger partial charge in [-0.2, -0.15) is 0 Å². The molecule has 1 aromatic carbocycles. The number of hydrogen-bond donors (Lipinski definition) is 1. The Balaban J connectivity index is 1.42. The molecule has 0 unspecified atom stereocenters. The fourth-order valence-corrected chi connectivity index (χ4v) is 3.97. The first-order valence-corrected chi connectivity index (χ1v) is 10.5. The van der Waals surface area contributed by atoms with Gasteiger partial charge in [0.1, 0.15) is 11.6 Å². The molecule has 4 rings (SSSR count). The zero-order valence-corrected chi connectivity index (χ0v) is 17.6. The summed E-state index contributed by atoms with van der Waals surface area (Å²) in [6, 6.07) is 13.0. The van der Waals surface area contributed by atoms with E-state index in [2.05, 4.69) is 9.97 Å². The Morgan fingerprint density at radius 3 is 2.71 bits per heavy atom. The largest absolute Gasteiger partial charge is 0.497 e. The number of carbonyl (C=O) groups excluding carboxylic acids is 1. The van der Waals surface area contributed by atoms with Crippen LogP contribution in [0.15, 0.2) is 59.7 Å². The predicted octanol–water partition coefficient (Wildman–Crippen LogP) is 3.18. The number of aromatic nitrogens is 3. The van der Waals surface area contributed by atoms with E-state index in [0.717, 1.165) is 36.3 Å². The number of piperidine rings is 1. The van der Waals surface area contributed by atoms with Gasteiger partial charge in [0.25, 0.3) is 5.56 Å². The number of ether oxygens (including phenoxy) is 1. The Hall–Kier alpha value is -3.48. The summed E-state index contributed by atoms with van der Waals surface area (Å²) in [5.41, 5.74) is 2.41. The minimum atomic E-state index is -0.181. The lowest BCUT2D eigenvalue weighted by atomic mass is 9.96. The molecule has 0 saturated carbocycles. The van der Waals surface area contributed by atoms with Crippen molar-refractivity contribution in [2.75, 3.05) is 20.2 Å². The van der Waals surface area contributed by atoms with E-state index in [4.69, 9.17) is 9.72 Å². The molecule has 1 amide bonds. The van der Waals surface area contributed by atoms with Gasteiger partial charge in [-0.25, -0.2) is 4.98 Å². The van der Waals surface area contributed by atoms with Crippen LogP contribution in [0, 0.1) is 0 Å². The molecular weight excluding hydrogens is 392 g/mol. The van der Waals surface area contributed by atoms with E-state index in [9.17, 15) is 9.59 Å². The summed E-state index contributed by atoms with van der Waals surface area (Å²) in [6.45, 7) is 1.32. The number of nitrogens with one attached hydrogen (secondary N) is 1. The quantitative estimate of drug-likeness (QED) is 0.664. The second-order valence-corrected chi connectivity index (χ2v) is 7.78. The van der Waals surface area contributed by atoms with Crippen LogP contribution in [0.4, 0.5) is 0 Å². The Labute approximate surface area is 181 Å². The monoisotopic (exact) mass is 418 g/mol. The van der Waals surface area contributed by atoms with Crippen LogP contribution in [0.25, 0.3) is 11.3 Å². The number of aromatic amines is 1. The number of amides is 1. The van der Waals surface area contributed by atoms with E-state index < -0.39 is 0 Å². The molecule has 0 radical (unpaired) electrons. The van der Waals surface area contributed by atoms with Crippen LogP contribution in [-0.4, -0.2) is 46.0 Å². The summed E-state index contributed by atoms with van der Waals surface area (Å²) in [7, 11) is 1.64. The molecule has 1 aliphatic rings. The number of methoxy groups -OCH3 is 1. The number of rotatable bonds is 6. The first-order valence-electron chi connectivity index (χ1n) is 10.5. The lowest BCUT2D eigenvalue weighted by molar-refractivity contribution is -0.132. The standard InChI is InChI=1S/C24H26N4O3/c1-31-20-7-4-17(5-8-20)6-9-23(30)28-14-2-3-19(16-28)24-26-21(15-22(29)27-24)18-10-12-25-13-11-18/h4-5,7-8,10-13,15,19H,2-3,6,9,14,16H2,1H3,(H,26,27,29)/t19-/m1/s1. The van der Waals surface area contributed by atoms with Crippen LogP contribution in [-0.2, 0) is 11.2 Å². The van der Waals surface area contributed by atoms with Gasteiger partial charge >= 0.3 is 0 Å². The molecule has 1 atom stereocenters. The summed E-state index contributed by atoms with van der Waals surface area (Å²) in [5, 5.41) is 0. The maximum absolute atomic E-state index is 12.8. The lowest BCUT2D eigenvalue weighted by Gasteiger charge is -2.32. The average Bonchev–Trinajstić information content (AvgIpc) is 2.83. The van der Waals surface area contributed by atoms with Gasteiger partial charge in [0.2, 0.25) is 5.91 Å². The van der Waals surface area contributed by atoms with Crippen molar-refractivity contribution < 1.29 is 9.53 Å². The molecule has 0 bridgehead atoms.